The van der Waals surface area contributed by atoms with Gasteiger partial charge >= 0.3 is 0 Å². The molecule has 1 fully saturated rings. The van der Waals surface area contributed by atoms with Crippen molar-refractivity contribution in [3.05, 3.63) is 23.5 Å². The number of hydrogen-bond acceptors (Lipinski definition) is 3. The van der Waals surface area contributed by atoms with E-state index in [-0.39, 0.29) is 0 Å². The van der Waals surface area contributed by atoms with Gasteiger partial charge in [-0.2, -0.15) is 0 Å². The first-order valence-electron chi connectivity index (χ1n) is 5.64. The van der Waals surface area contributed by atoms with Crippen molar-refractivity contribution in [3.8, 4) is 0 Å². The average Bonchev–Trinajstić information content (AvgIpc) is 2.74. The minimum atomic E-state index is 0.719. The highest BCUT2D eigenvalue weighted by Gasteiger charge is 2.18. The summed E-state index contributed by atoms with van der Waals surface area (Å²) in [5.41, 5.74) is 1.07. The van der Waals surface area contributed by atoms with Crippen molar-refractivity contribution in [2.24, 2.45) is 0 Å². The second kappa shape index (κ2) is 3.89. The van der Waals surface area contributed by atoms with Crippen molar-refractivity contribution in [2.45, 2.75) is 38.0 Å². The van der Waals surface area contributed by atoms with Gasteiger partial charge in [-0.1, -0.05) is 19.3 Å². The molecule has 0 atom stereocenters. The molecule has 2 nitrogen and oxygen atoms in total. The van der Waals surface area contributed by atoms with Crippen LogP contribution in [0.15, 0.2) is 18.5 Å². The molecule has 0 N–H and O–H groups in total. The maximum Gasteiger partial charge on any atom is 0.0998 e. The molecule has 78 valence electrons. The van der Waals surface area contributed by atoms with Crippen molar-refractivity contribution in [1.29, 1.82) is 0 Å². The molecular weight excluding hydrogens is 204 g/mol. The number of thiazole rings is 1. The summed E-state index contributed by atoms with van der Waals surface area (Å²) >= 11 is 1.85. The zero-order valence-electron chi connectivity index (χ0n) is 8.65. The molecule has 15 heavy (non-hydrogen) atoms. The Kier molecular flexibility index (Phi) is 2.41. The van der Waals surface area contributed by atoms with Gasteiger partial charge in [-0.25, -0.2) is 4.98 Å². The van der Waals surface area contributed by atoms with Crippen molar-refractivity contribution in [2.75, 3.05) is 0 Å². The molecule has 3 rings (SSSR count). The fourth-order valence-corrected chi connectivity index (χ4v) is 3.43. The number of pyridine rings is 1. The first-order chi connectivity index (χ1) is 7.43. The van der Waals surface area contributed by atoms with Crippen LogP contribution in [0.3, 0.4) is 0 Å². The van der Waals surface area contributed by atoms with Gasteiger partial charge in [0.2, 0.25) is 0 Å². The van der Waals surface area contributed by atoms with Gasteiger partial charge in [0.15, 0.2) is 0 Å². The van der Waals surface area contributed by atoms with Crippen molar-refractivity contribution in [3.63, 3.8) is 0 Å². The van der Waals surface area contributed by atoms with E-state index in [1.165, 1.54) is 41.8 Å². The summed E-state index contributed by atoms with van der Waals surface area (Å²) in [5, 5.41) is 1.33. The van der Waals surface area contributed by atoms with Gasteiger partial charge in [-0.15, -0.1) is 11.3 Å². The molecule has 2 aromatic rings. The topological polar surface area (TPSA) is 25.8 Å². The third kappa shape index (κ3) is 1.76. The van der Waals surface area contributed by atoms with E-state index < -0.39 is 0 Å². The van der Waals surface area contributed by atoms with E-state index in [0.29, 0.717) is 0 Å². The molecule has 0 aliphatic heterocycles. The van der Waals surface area contributed by atoms with E-state index in [1.807, 2.05) is 23.7 Å². The van der Waals surface area contributed by atoms with Gasteiger partial charge in [0.25, 0.3) is 0 Å². The largest absolute Gasteiger partial charge is 0.262 e. The lowest BCUT2D eigenvalue weighted by Crippen LogP contribution is -2.03. The first kappa shape index (κ1) is 9.28. The van der Waals surface area contributed by atoms with E-state index in [9.17, 15) is 0 Å². The molecule has 0 unspecified atom stereocenters. The molecule has 0 spiro atoms. The summed E-state index contributed by atoms with van der Waals surface area (Å²) in [6, 6.07) is 2.07. The Morgan fingerprint density at radius 3 is 2.87 bits per heavy atom. The third-order valence-electron chi connectivity index (χ3n) is 3.16. The molecule has 1 saturated carbocycles. The van der Waals surface area contributed by atoms with Crippen LogP contribution >= 0.6 is 11.3 Å². The summed E-state index contributed by atoms with van der Waals surface area (Å²) in [5.74, 6) is 0.719. The van der Waals surface area contributed by atoms with Crippen molar-refractivity contribution >= 4 is 21.6 Å². The third-order valence-corrected chi connectivity index (χ3v) is 4.36. The number of hydrogen-bond donors (Lipinski definition) is 0. The lowest BCUT2D eigenvalue weighted by molar-refractivity contribution is 0.443. The highest BCUT2D eigenvalue weighted by Crippen LogP contribution is 2.36. The normalized spacial score (nSPS) is 18.4. The summed E-state index contributed by atoms with van der Waals surface area (Å²) in [4.78, 5) is 8.81. The molecule has 0 aromatic carbocycles. The Hall–Kier alpha value is -0.960. The molecule has 0 amide bonds. The van der Waals surface area contributed by atoms with E-state index >= 15 is 0 Å². The van der Waals surface area contributed by atoms with Gasteiger partial charge in [0, 0.05) is 12.1 Å². The fourth-order valence-electron chi connectivity index (χ4n) is 2.32. The molecule has 0 radical (unpaired) electrons. The van der Waals surface area contributed by atoms with Crippen LogP contribution in [0.25, 0.3) is 10.2 Å². The van der Waals surface area contributed by atoms with Crippen LogP contribution in [-0.4, -0.2) is 9.97 Å². The van der Waals surface area contributed by atoms with Gasteiger partial charge in [0.1, 0.15) is 0 Å². The number of nitrogens with zero attached hydrogens (tertiary/aromatic N) is 2. The predicted octanol–water partition coefficient (Wildman–Crippen LogP) is 3.74. The minimum Gasteiger partial charge on any atom is -0.262 e. The highest BCUT2D eigenvalue weighted by molar-refractivity contribution is 7.18. The molecular formula is C12H14N2S. The zero-order chi connectivity index (χ0) is 10.1. The van der Waals surface area contributed by atoms with E-state index in [4.69, 9.17) is 4.98 Å². The SMILES string of the molecule is c1cc2sc(C3CCCCC3)nc2cn1. The number of fused-ring (bicyclic) bond motifs is 1. The molecule has 1 aliphatic carbocycles. The lowest BCUT2D eigenvalue weighted by Gasteiger charge is -2.18. The Labute approximate surface area is 93.4 Å². The second-order valence-corrected chi connectivity index (χ2v) is 5.29. The van der Waals surface area contributed by atoms with Crippen LogP contribution in [-0.2, 0) is 0 Å². The first-order valence-corrected chi connectivity index (χ1v) is 6.45. The van der Waals surface area contributed by atoms with Gasteiger partial charge in [-0.05, 0) is 18.9 Å². The average molecular weight is 218 g/mol. The molecule has 2 heterocycles. The predicted molar refractivity (Wildman–Crippen MR) is 63.2 cm³/mol. The van der Waals surface area contributed by atoms with Crippen molar-refractivity contribution < 1.29 is 0 Å². The summed E-state index contributed by atoms with van der Waals surface area (Å²) in [7, 11) is 0. The standard InChI is InChI=1S/C12H14N2S/c1-2-4-9(5-3-1)12-14-10-8-13-7-6-11(10)15-12/h6-9H,1-5H2. The Morgan fingerprint density at radius 2 is 2.07 bits per heavy atom. The van der Waals surface area contributed by atoms with Crippen LogP contribution in [0.2, 0.25) is 0 Å². The molecule has 2 aromatic heterocycles. The van der Waals surface area contributed by atoms with E-state index in [1.54, 1.807) is 0 Å². The van der Waals surface area contributed by atoms with Crippen LogP contribution in [0.1, 0.15) is 43.0 Å². The Balaban J connectivity index is 1.96. The monoisotopic (exact) mass is 218 g/mol. The number of aromatic nitrogens is 2. The molecule has 0 saturated heterocycles. The fraction of sp³-hybridized carbons (Fsp3) is 0.500. The minimum absolute atomic E-state index is 0.719. The lowest BCUT2D eigenvalue weighted by atomic mass is 9.90. The molecule has 0 bridgehead atoms. The zero-order valence-corrected chi connectivity index (χ0v) is 9.46. The van der Waals surface area contributed by atoms with E-state index in [2.05, 4.69) is 11.1 Å². The van der Waals surface area contributed by atoms with Gasteiger partial charge in [-0.3, -0.25) is 4.98 Å². The number of rotatable bonds is 1. The van der Waals surface area contributed by atoms with Gasteiger partial charge < -0.3 is 0 Å². The quantitative estimate of drug-likeness (QED) is 0.728. The van der Waals surface area contributed by atoms with Crippen LogP contribution < -0.4 is 0 Å². The highest BCUT2D eigenvalue weighted by atomic mass is 32.1. The summed E-state index contributed by atoms with van der Waals surface area (Å²) in [6.07, 6.45) is 10.5. The Bertz CT molecular complexity index is 424. The second-order valence-electron chi connectivity index (χ2n) is 4.23. The molecule has 1 aliphatic rings. The summed E-state index contributed by atoms with van der Waals surface area (Å²) in [6.45, 7) is 0. The maximum absolute atomic E-state index is 4.69. The smallest absolute Gasteiger partial charge is 0.0998 e. The Morgan fingerprint density at radius 1 is 1.20 bits per heavy atom. The van der Waals surface area contributed by atoms with Crippen LogP contribution in [0.4, 0.5) is 0 Å². The molecule has 3 heteroatoms. The van der Waals surface area contributed by atoms with Crippen molar-refractivity contribution in [1.82, 2.24) is 9.97 Å². The van der Waals surface area contributed by atoms with E-state index in [0.717, 1.165) is 11.4 Å². The maximum atomic E-state index is 4.69. The van der Waals surface area contributed by atoms with Crippen LogP contribution in [0, 0.1) is 0 Å². The van der Waals surface area contributed by atoms with Gasteiger partial charge in [0.05, 0.1) is 21.4 Å². The van der Waals surface area contributed by atoms with Crippen LogP contribution in [0.5, 0.6) is 0 Å². The summed E-state index contributed by atoms with van der Waals surface area (Å²) < 4.78 is 1.28.